The molecule has 0 saturated carbocycles. The fourth-order valence-electron chi connectivity index (χ4n) is 3.92. The zero-order valence-corrected chi connectivity index (χ0v) is 14.9. The van der Waals surface area contributed by atoms with Crippen molar-refractivity contribution in [2.45, 2.75) is 32.9 Å². The molecule has 0 aliphatic rings. The summed E-state index contributed by atoms with van der Waals surface area (Å²) >= 11 is 0. The minimum absolute atomic E-state index is 0.142. The van der Waals surface area contributed by atoms with E-state index in [1.54, 1.807) is 0 Å². The Balaban J connectivity index is 1.80. The molecular formula is C23H25NO. The number of aliphatic hydroxyl groups is 1. The summed E-state index contributed by atoms with van der Waals surface area (Å²) in [6.07, 6.45) is 1.07. The first kappa shape index (κ1) is 16.3. The summed E-state index contributed by atoms with van der Waals surface area (Å²) in [5.41, 5.74) is 1.30. The van der Waals surface area contributed by atoms with Gasteiger partial charge < -0.3 is 10.4 Å². The Kier molecular flexibility index (Phi) is 4.32. The molecule has 0 heterocycles. The number of benzene rings is 4. The maximum atomic E-state index is 9.68. The second-order valence-electron chi connectivity index (χ2n) is 7.14. The van der Waals surface area contributed by atoms with Crippen molar-refractivity contribution < 1.29 is 5.11 Å². The van der Waals surface area contributed by atoms with Gasteiger partial charge in [-0.2, -0.15) is 0 Å². The maximum Gasteiger partial charge on any atom is 0.0587 e. The van der Waals surface area contributed by atoms with Crippen LogP contribution in [-0.4, -0.2) is 17.8 Å². The third kappa shape index (κ3) is 2.76. The monoisotopic (exact) mass is 331 g/mol. The average Bonchev–Trinajstić information content (AvgIpc) is 2.67. The highest BCUT2D eigenvalue weighted by Gasteiger charge is 2.15. The molecule has 0 spiro atoms. The molecule has 2 heteroatoms. The lowest BCUT2D eigenvalue weighted by Gasteiger charge is -2.23. The molecule has 0 aromatic heterocycles. The van der Waals surface area contributed by atoms with Crippen LogP contribution in [0.4, 0.5) is 0 Å². The number of nitrogens with one attached hydrogen (secondary N) is 1. The van der Waals surface area contributed by atoms with Gasteiger partial charge in [0, 0.05) is 12.6 Å². The van der Waals surface area contributed by atoms with Gasteiger partial charge in [0.1, 0.15) is 0 Å². The highest BCUT2D eigenvalue weighted by Crippen LogP contribution is 2.35. The Bertz CT molecular complexity index is 991. The van der Waals surface area contributed by atoms with Gasteiger partial charge in [-0.15, -0.1) is 0 Å². The van der Waals surface area contributed by atoms with E-state index in [1.165, 1.54) is 37.9 Å². The number of hydrogen-bond acceptors (Lipinski definition) is 2. The third-order valence-electron chi connectivity index (χ3n) is 5.70. The molecule has 0 fully saturated rings. The summed E-state index contributed by atoms with van der Waals surface area (Å²) in [5, 5.41) is 21.2. The molecular weight excluding hydrogens is 306 g/mol. The second kappa shape index (κ2) is 6.62. The van der Waals surface area contributed by atoms with Gasteiger partial charge in [0.05, 0.1) is 6.61 Å². The quantitative estimate of drug-likeness (QED) is 0.483. The Labute approximate surface area is 148 Å². The SMILES string of the molecule is CCC(C)C(CO)NCc1ccc2ccc3cccc4ccc1c2c34. The molecule has 0 aliphatic carbocycles. The van der Waals surface area contributed by atoms with Crippen molar-refractivity contribution in [1.29, 1.82) is 0 Å². The van der Waals surface area contributed by atoms with Crippen molar-refractivity contribution in [3.05, 3.63) is 60.2 Å². The lowest BCUT2D eigenvalue weighted by molar-refractivity contribution is 0.201. The smallest absolute Gasteiger partial charge is 0.0587 e. The minimum atomic E-state index is 0.142. The highest BCUT2D eigenvalue weighted by atomic mass is 16.3. The van der Waals surface area contributed by atoms with E-state index in [2.05, 4.69) is 73.8 Å². The van der Waals surface area contributed by atoms with E-state index in [-0.39, 0.29) is 12.6 Å². The van der Waals surface area contributed by atoms with Gasteiger partial charge in [-0.3, -0.25) is 0 Å². The van der Waals surface area contributed by atoms with Gasteiger partial charge in [0.15, 0.2) is 0 Å². The van der Waals surface area contributed by atoms with Gasteiger partial charge >= 0.3 is 0 Å². The van der Waals surface area contributed by atoms with E-state index in [4.69, 9.17) is 0 Å². The van der Waals surface area contributed by atoms with Crippen molar-refractivity contribution in [2.75, 3.05) is 6.61 Å². The fraction of sp³-hybridized carbons (Fsp3) is 0.304. The van der Waals surface area contributed by atoms with Gasteiger partial charge in [0.2, 0.25) is 0 Å². The summed E-state index contributed by atoms with van der Waals surface area (Å²) < 4.78 is 0. The Hall–Kier alpha value is -2.16. The molecule has 0 saturated heterocycles. The normalized spacial score (nSPS) is 14.5. The van der Waals surface area contributed by atoms with E-state index in [0.29, 0.717) is 5.92 Å². The van der Waals surface area contributed by atoms with Crippen molar-refractivity contribution in [3.63, 3.8) is 0 Å². The highest BCUT2D eigenvalue weighted by molar-refractivity contribution is 6.23. The van der Waals surface area contributed by atoms with E-state index in [9.17, 15) is 5.11 Å². The van der Waals surface area contributed by atoms with E-state index >= 15 is 0 Å². The van der Waals surface area contributed by atoms with Crippen molar-refractivity contribution >= 4 is 32.3 Å². The second-order valence-corrected chi connectivity index (χ2v) is 7.14. The lowest BCUT2D eigenvalue weighted by Crippen LogP contribution is -2.37. The molecule has 0 amide bonds. The Morgan fingerprint density at radius 2 is 1.52 bits per heavy atom. The van der Waals surface area contributed by atoms with Crippen LogP contribution in [0.1, 0.15) is 25.8 Å². The molecule has 0 bridgehead atoms. The summed E-state index contributed by atoms with van der Waals surface area (Å²) in [7, 11) is 0. The van der Waals surface area contributed by atoms with Crippen molar-refractivity contribution in [1.82, 2.24) is 5.32 Å². The van der Waals surface area contributed by atoms with Gasteiger partial charge in [-0.05, 0) is 43.8 Å². The van der Waals surface area contributed by atoms with Gasteiger partial charge in [-0.1, -0.05) is 74.9 Å². The summed E-state index contributed by atoms with van der Waals surface area (Å²) in [5.74, 6) is 0.463. The molecule has 2 atom stereocenters. The number of aliphatic hydroxyl groups excluding tert-OH is 1. The Morgan fingerprint density at radius 1 is 0.880 bits per heavy atom. The largest absolute Gasteiger partial charge is 0.395 e. The first-order valence-corrected chi connectivity index (χ1v) is 9.22. The van der Waals surface area contributed by atoms with Crippen LogP contribution in [0.2, 0.25) is 0 Å². The van der Waals surface area contributed by atoms with Crippen LogP contribution in [0.25, 0.3) is 32.3 Å². The van der Waals surface area contributed by atoms with Crippen LogP contribution in [-0.2, 0) is 6.54 Å². The first-order valence-electron chi connectivity index (χ1n) is 9.22. The molecule has 0 radical (unpaired) electrons. The van der Waals surface area contributed by atoms with E-state index in [0.717, 1.165) is 13.0 Å². The van der Waals surface area contributed by atoms with Gasteiger partial charge in [-0.25, -0.2) is 0 Å². The van der Waals surface area contributed by atoms with Crippen molar-refractivity contribution in [2.24, 2.45) is 5.92 Å². The molecule has 0 aliphatic heterocycles. The lowest BCUT2D eigenvalue weighted by atomic mass is 9.91. The number of hydrogen-bond donors (Lipinski definition) is 2. The summed E-state index contributed by atoms with van der Waals surface area (Å²) in [6.45, 7) is 5.33. The molecule has 2 nitrogen and oxygen atoms in total. The Morgan fingerprint density at radius 3 is 2.20 bits per heavy atom. The summed E-state index contributed by atoms with van der Waals surface area (Å²) in [4.78, 5) is 0. The van der Waals surface area contributed by atoms with Gasteiger partial charge in [0.25, 0.3) is 0 Å². The topological polar surface area (TPSA) is 32.3 Å². The average molecular weight is 331 g/mol. The molecule has 2 unspecified atom stereocenters. The molecule has 4 rings (SSSR count). The predicted molar refractivity (Wildman–Crippen MR) is 107 cm³/mol. The minimum Gasteiger partial charge on any atom is -0.395 e. The first-order chi connectivity index (χ1) is 12.2. The van der Waals surface area contributed by atoms with E-state index in [1.807, 2.05) is 0 Å². The van der Waals surface area contributed by atoms with E-state index < -0.39 is 0 Å². The molecule has 25 heavy (non-hydrogen) atoms. The zero-order chi connectivity index (χ0) is 17.4. The predicted octanol–water partition coefficient (Wildman–Crippen LogP) is 5.08. The van der Waals surface area contributed by atoms with Crippen LogP contribution >= 0.6 is 0 Å². The molecule has 4 aromatic carbocycles. The number of rotatable bonds is 6. The third-order valence-corrected chi connectivity index (χ3v) is 5.70. The van der Waals surface area contributed by atoms with Crippen molar-refractivity contribution in [3.8, 4) is 0 Å². The van der Waals surface area contributed by atoms with Crippen LogP contribution in [0.15, 0.2) is 54.6 Å². The van der Waals surface area contributed by atoms with Crippen LogP contribution in [0.5, 0.6) is 0 Å². The summed E-state index contributed by atoms with van der Waals surface area (Å²) in [6, 6.07) is 20.0. The molecule has 2 N–H and O–H groups in total. The molecule has 128 valence electrons. The van der Waals surface area contributed by atoms with Crippen LogP contribution in [0, 0.1) is 5.92 Å². The fourth-order valence-corrected chi connectivity index (χ4v) is 3.92. The van der Waals surface area contributed by atoms with Crippen LogP contribution in [0.3, 0.4) is 0 Å². The maximum absolute atomic E-state index is 9.68. The standard InChI is InChI=1S/C23H25NO/c1-3-15(2)21(14-25)24-13-19-10-9-18-8-7-16-5-4-6-17-11-12-20(19)23(18)22(16)17/h4-12,15,21,24-25H,3,13-14H2,1-2H3. The molecule has 4 aromatic rings. The van der Waals surface area contributed by atoms with Crippen LogP contribution < -0.4 is 5.32 Å². The zero-order valence-electron chi connectivity index (χ0n) is 14.9.